The fraction of sp³-hybridized carbons (Fsp3) is 0.538. The average molecular weight is 248 g/mol. The predicted molar refractivity (Wildman–Crippen MR) is 69.2 cm³/mol. The van der Waals surface area contributed by atoms with Gasteiger partial charge in [0.15, 0.2) is 0 Å². The second kappa shape index (κ2) is 4.94. The first-order chi connectivity index (χ1) is 8.50. The number of imidazole rings is 1. The maximum absolute atomic E-state index is 9.73. The van der Waals surface area contributed by atoms with E-state index in [0.29, 0.717) is 0 Å². The second-order valence-electron chi connectivity index (χ2n) is 4.69. The highest BCUT2D eigenvalue weighted by molar-refractivity contribution is 5.26. The van der Waals surface area contributed by atoms with E-state index in [-0.39, 0.29) is 0 Å². The largest absolute Gasteiger partial charge is 0.389 e. The molecule has 0 aliphatic rings. The van der Waals surface area contributed by atoms with E-state index in [4.69, 9.17) is 0 Å². The molecule has 0 spiro atoms. The quantitative estimate of drug-likeness (QED) is 0.892. The topological polar surface area (TPSA) is 55.9 Å². The van der Waals surface area contributed by atoms with Crippen LogP contribution in [-0.4, -0.2) is 24.4 Å². The Kier molecular flexibility index (Phi) is 3.52. The van der Waals surface area contributed by atoms with Gasteiger partial charge in [-0.3, -0.25) is 4.68 Å². The summed E-state index contributed by atoms with van der Waals surface area (Å²) in [5.74, 6) is 1.04. The number of aromatic nitrogens is 4. The van der Waals surface area contributed by atoms with Crippen molar-refractivity contribution in [2.75, 3.05) is 0 Å². The van der Waals surface area contributed by atoms with Crippen LogP contribution in [0.5, 0.6) is 0 Å². The van der Waals surface area contributed by atoms with E-state index in [2.05, 4.69) is 10.1 Å². The molecule has 2 aromatic heterocycles. The summed E-state index contributed by atoms with van der Waals surface area (Å²) in [6, 6.07) is 0. The molecule has 2 heterocycles. The van der Waals surface area contributed by atoms with E-state index in [1.807, 2.05) is 36.3 Å². The molecule has 2 aromatic rings. The van der Waals surface area contributed by atoms with E-state index in [1.54, 1.807) is 13.1 Å². The van der Waals surface area contributed by atoms with Crippen LogP contribution >= 0.6 is 0 Å². The highest BCUT2D eigenvalue weighted by Crippen LogP contribution is 2.21. The summed E-state index contributed by atoms with van der Waals surface area (Å²) in [5.41, 5.74) is 2.88. The van der Waals surface area contributed by atoms with E-state index in [9.17, 15) is 5.11 Å². The van der Waals surface area contributed by atoms with Crippen LogP contribution in [0.15, 0.2) is 12.4 Å². The van der Waals surface area contributed by atoms with Crippen molar-refractivity contribution in [1.29, 1.82) is 0 Å². The molecule has 0 aliphatic heterocycles. The molecule has 1 atom stereocenters. The lowest BCUT2D eigenvalue weighted by Gasteiger charge is -2.07. The fourth-order valence-electron chi connectivity index (χ4n) is 2.38. The van der Waals surface area contributed by atoms with Gasteiger partial charge in [-0.2, -0.15) is 5.10 Å². The first-order valence-electron chi connectivity index (χ1n) is 6.19. The van der Waals surface area contributed by atoms with Crippen molar-refractivity contribution in [1.82, 2.24) is 19.3 Å². The normalized spacial score (nSPS) is 12.9. The minimum atomic E-state index is -0.466. The van der Waals surface area contributed by atoms with Crippen molar-refractivity contribution in [2.45, 2.75) is 39.8 Å². The molecular formula is C13H20N4O. The molecule has 5 heteroatoms. The van der Waals surface area contributed by atoms with Crippen LogP contribution in [0, 0.1) is 13.8 Å². The predicted octanol–water partition coefficient (Wildman–Crippen LogP) is 1.53. The third-order valence-corrected chi connectivity index (χ3v) is 3.32. The van der Waals surface area contributed by atoms with Crippen LogP contribution in [0.3, 0.4) is 0 Å². The van der Waals surface area contributed by atoms with Crippen molar-refractivity contribution in [2.24, 2.45) is 7.05 Å². The maximum atomic E-state index is 9.73. The van der Waals surface area contributed by atoms with Gasteiger partial charge < -0.3 is 9.67 Å². The van der Waals surface area contributed by atoms with Gasteiger partial charge in [-0.15, -0.1) is 0 Å². The summed E-state index contributed by atoms with van der Waals surface area (Å²) in [5, 5.41) is 14.2. The number of aryl methyl sites for hydroxylation is 4. The molecule has 0 saturated carbocycles. The van der Waals surface area contributed by atoms with Crippen LogP contribution in [0.1, 0.15) is 35.8 Å². The van der Waals surface area contributed by atoms with Gasteiger partial charge in [-0.05, 0) is 20.8 Å². The molecule has 98 valence electrons. The second-order valence-corrected chi connectivity index (χ2v) is 4.69. The molecule has 0 fully saturated rings. The molecule has 18 heavy (non-hydrogen) atoms. The first kappa shape index (κ1) is 12.8. The summed E-state index contributed by atoms with van der Waals surface area (Å²) in [4.78, 5) is 4.30. The molecule has 0 radical (unpaired) electrons. The Bertz CT molecular complexity index is 539. The summed E-state index contributed by atoms with van der Waals surface area (Å²) < 4.78 is 3.97. The summed E-state index contributed by atoms with van der Waals surface area (Å²) in [7, 11) is 1.99. The van der Waals surface area contributed by atoms with Crippen molar-refractivity contribution in [3.05, 3.63) is 35.2 Å². The lowest BCUT2D eigenvalue weighted by Crippen LogP contribution is -2.09. The van der Waals surface area contributed by atoms with Crippen LogP contribution in [-0.2, 0) is 20.0 Å². The van der Waals surface area contributed by atoms with Gasteiger partial charge in [-0.1, -0.05) is 0 Å². The highest BCUT2D eigenvalue weighted by Gasteiger charge is 2.15. The summed E-state index contributed by atoms with van der Waals surface area (Å²) >= 11 is 0. The molecule has 1 N–H and O–H groups in total. The zero-order chi connectivity index (χ0) is 13.3. The fourth-order valence-corrected chi connectivity index (χ4v) is 2.38. The lowest BCUT2D eigenvalue weighted by atomic mass is 10.1. The third kappa shape index (κ3) is 2.31. The number of aliphatic hydroxyl groups is 1. The van der Waals surface area contributed by atoms with Crippen LogP contribution in [0.4, 0.5) is 0 Å². The zero-order valence-corrected chi connectivity index (χ0v) is 11.4. The van der Waals surface area contributed by atoms with E-state index in [1.165, 1.54) is 0 Å². The van der Waals surface area contributed by atoms with Crippen molar-refractivity contribution in [3.63, 3.8) is 0 Å². The van der Waals surface area contributed by atoms with Crippen molar-refractivity contribution < 1.29 is 5.11 Å². The minimum Gasteiger partial charge on any atom is -0.389 e. The first-order valence-corrected chi connectivity index (χ1v) is 6.19. The standard InChI is InChI=1S/C13H20N4O/c1-9-13(11(3)18)10(2)17(15-9)7-5-12-14-6-8-16(12)4/h6,8,11,18H,5,7H2,1-4H3. The van der Waals surface area contributed by atoms with Gasteiger partial charge in [0.05, 0.1) is 11.8 Å². The molecule has 0 bridgehead atoms. The van der Waals surface area contributed by atoms with Gasteiger partial charge in [0, 0.05) is 43.7 Å². The SMILES string of the molecule is Cc1nn(CCc2nccn2C)c(C)c1C(C)O. The van der Waals surface area contributed by atoms with E-state index < -0.39 is 6.10 Å². The number of nitrogens with zero attached hydrogens (tertiary/aromatic N) is 4. The van der Waals surface area contributed by atoms with Gasteiger partial charge in [-0.25, -0.2) is 4.98 Å². The number of hydrogen-bond acceptors (Lipinski definition) is 3. The molecule has 0 aromatic carbocycles. The van der Waals surface area contributed by atoms with Gasteiger partial charge in [0.2, 0.25) is 0 Å². The summed E-state index contributed by atoms with van der Waals surface area (Å²) in [6.45, 7) is 6.50. The van der Waals surface area contributed by atoms with Crippen LogP contribution < -0.4 is 0 Å². The Morgan fingerprint density at radius 3 is 2.61 bits per heavy atom. The van der Waals surface area contributed by atoms with E-state index >= 15 is 0 Å². The molecule has 1 unspecified atom stereocenters. The van der Waals surface area contributed by atoms with Crippen LogP contribution in [0.2, 0.25) is 0 Å². The molecule has 5 nitrogen and oxygen atoms in total. The number of hydrogen-bond donors (Lipinski definition) is 1. The Morgan fingerprint density at radius 2 is 2.11 bits per heavy atom. The maximum Gasteiger partial charge on any atom is 0.110 e. The average Bonchev–Trinajstić information content (AvgIpc) is 2.80. The summed E-state index contributed by atoms with van der Waals surface area (Å²) in [6.07, 6.45) is 4.12. The number of aliphatic hydroxyl groups excluding tert-OH is 1. The lowest BCUT2D eigenvalue weighted by molar-refractivity contribution is 0.197. The molecule has 0 amide bonds. The van der Waals surface area contributed by atoms with Crippen molar-refractivity contribution in [3.8, 4) is 0 Å². The molecule has 0 saturated heterocycles. The smallest absolute Gasteiger partial charge is 0.110 e. The zero-order valence-electron chi connectivity index (χ0n) is 11.4. The Morgan fingerprint density at radius 1 is 1.39 bits per heavy atom. The number of rotatable bonds is 4. The van der Waals surface area contributed by atoms with Gasteiger partial charge in [0.1, 0.15) is 5.82 Å². The van der Waals surface area contributed by atoms with E-state index in [0.717, 1.165) is 35.7 Å². The Balaban J connectivity index is 2.16. The Labute approximate surface area is 107 Å². The Hall–Kier alpha value is -1.62. The molecular weight excluding hydrogens is 228 g/mol. The van der Waals surface area contributed by atoms with Gasteiger partial charge in [0.25, 0.3) is 0 Å². The highest BCUT2D eigenvalue weighted by atomic mass is 16.3. The minimum absolute atomic E-state index is 0.466. The molecule has 0 aliphatic carbocycles. The van der Waals surface area contributed by atoms with Gasteiger partial charge >= 0.3 is 0 Å². The monoisotopic (exact) mass is 248 g/mol. The third-order valence-electron chi connectivity index (χ3n) is 3.32. The van der Waals surface area contributed by atoms with Crippen LogP contribution in [0.25, 0.3) is 0 Å². The molecule has 2 rings (SSSR count). The van der Waals surface area contributed by atoms with Crippen molar-refractivity contribution >= 4 is 0 Å².